The molecule has 7 rings (SSSR count). The van der Waals surface area contributed by atoms with Gasteiger partial charge in [0, 0.05) is 57.1 Å². The van der Waals surface area contributed by atoms with Gasteiger partial charge < -0.3 is 19.3 Å². The number of hydrazine groups is 1. The number of halogens is 2. The van der Waals surface area contributed by atoms with Crippen LogP contribution in [-0.2, 0) is 25.2 Å². The van der Waals surface area contributed by atoms with Crippen molar-refractivity contribution >= 4 is 41.0 Å². The zero-order valence-electron chi connectivity index (χ0n) is 32.3. The maximum Gasteiger partial charge on any atom is 0.320 e. The lowest BCUT2D eigenvalue weighted by molar-refractivity contribution is -0.145. The molecular weight excluding hydrogens is 771 g/mol. The summed E-state index contributed by atoms with van der Waals surface area (Å²) < 4.78 is 12.2. The van der Waals surface area contributed by atoms with Crippen molar-refractivity contribution in [3.63, 3.8) is 0 Å². The number of hydrogen-bond acceptors (Lipinski definition) is 12. The number of carbonyl (C=O) groups is 3. The molecule has 0 aliphatic carbocycles. The molecule has 1 atom stereocenters. The van der Waals surface area contributed by atoms with Gasteiger partial charge in [-0.05, 0) is 116 Å². The van der Waals surface area contributed by atoms with Crippen molar-refractivity contribution in [3.05, 3.63) is 94.0 Å². The Morgan fingerprint density at radius 3 is 2.32 bits per heavy atom. The van der Waals surface area contributed by atoms with E-state index < -0.39 is 10.8 Å². The van der Waals surface area contributed by atoms with Crippen molar-refractivity contribution < 1.29 is 23.9 Å². The second-order valence-electron chi connectivity index (χ2n) is 14.9. The predicted molar refractivity (Wildman–Crippen MR) is 213 cm³/mol. The fraction of sp³-hybridized carbons (Fsp3) is 0.475. The zero-order valence-corrected chi connectivity index (χ0v) is 33.8. The third-order valence-electron chi connectivity index (χ3n) is 11.8. The molecule has 3 aliphatic rings. The van der Waals surface area contributed by atoms with Crippen LogP contribution < -0.4 is 10.2 Å². The van der Waals surface area contributed by atoms with E-state index in [4.69, 9.17) is 32.7 Å². The number of carbonyl (C=O) groups excluding carboxylic acids is 3. The van der Waals surface area contributed by atoms with Gasteiger partial charge in [0.25, 0.3) is 5.91 Å². The van der Waals surface area contributed by atoms with E-state index in [1.807, 2.05) is 40.2 Å². The fourth-order valence-corrected chi connectivity index (χ4v) is 8.72. The largest absolute Gasteiger partial charge is 0.496 e. The number of amides is 2. The number of hydrogen-bond donors (Lipinski definition) is 1. The first-order valence-electron chi connectivity index (χ1n) is 19.4. The molecular formula is C40H48Cl2N10O5. The van der Waals surface area contributed by atoms with E-state index in [9.17, 15) is 14.4 Å². The highest BCUT2D eigenvalue weighted by molar-refractivity contribution is 6.42. The third kappa shape index (κ3) is 8.92. The number of methoxy groups -OCH3 is 1. The number of ether oxygens (including phenoxy) is 2. The number of benzene rings is 2. The summed E-state index contributed by atoms with van der Waals surface area (Å²) in [5.41, 5.74) is 5.18. The van der Waals surface area contributed by atoms with Gasteiger partial charge in [0.05, 0.1) is 47.0 Å². The summed E-state index contributed by atoms with van der Waals surface area (Å²) in [5.74, 6) is 0.0685. The zero-order chi connectivity index (χ0) is 40.0. The van der Waals surface area contributed by atoms with E-state index in [-0.39, 0.29) is 24.3 Å². The molecule has 57 heavy (non-hydrogen) atoms. The first kappa shape index (κ1) is 40.5. The second-order valence-corrected chi connectivity index (χ2v) is 15.8. The molecule has 4 aromatic rings. The van der Waals surface area contributed by atoms with Gasteiger partial charge in [-0.25, -0.2) is 9.69 Å². The van der Waals surface area contributed by atoms with Gasteiger partial charge in [0.15, 0.2) is 0 Å². The van der Waals surface area contributed by atoms with Crippen molar-refractivity contribution in [1.29, 1.82) is 0 Å². The highest BCUT2D eigenvalue weighted by Crippen LogP contribution is 2.42. The first-order chi connectivity index (χ1) is 27.6. The predicted octanol–water partition coefficient (Wildman–Crippen LogP) is 3.79. The van der Waals surface area contributed by atoms with Crippen LogP contribution in [0.5, 0.6) is 5.75 Å². The van der Waals surface area contributed by atoms with E-state index in [0.29, 0.717) is 98.9 Å². The molecule has 0 radical (unpaired) electrons. The number of likely N-dealkylation sites (tertiary alicyclic amines) is 2. The second kappa shape index (κ2) is 17.9. The van der Waals surface area contributed by atoms with Gasteiger partial charge in [0.1, 0.15) is 12.1 Å². The molecule has 2 aromatic carbocycles. The van der Waals surface area contributed by atoms with E-state index in [0.717, 1.165) is 30.5 Å². The molecule has 2 aromatic heterocycles. The van der Waals surface area contributed by atoms with Crippen LogP contribution in [0.15, 0.2) is 67.3 Å². The number of aromatic nitrogens is 5. The number of nitrogens with one attached hydrogen (secondary N) is 1. The molecule has 5 heterocycles. The molecule has 17 heteroatoms. The van der Waals surface area contributed by atoms with Crippen molar-refractivity contribution in [1.82, 2.24) is 50.3 Å². The lowest BCUT2D eigenvalue weighted by Crippen LogP contribution is -2.59. The maximum atomic E-state index is 14.3. The van der Waals surface area contributed by atoms with E-state index in [1.54, 1.807) is 44.6 Å². The van der Waals surface area contributed by atoms with E-state index >= 15 is 0 Å². The molecule has 15 nitrogen and oxygen atoms in total. The standard InChI is InChI=1S/C40H48Cl2N10O5/c1-3-57-36(53)26-49-20-22-51(23-21-49)45-38(55)40(29-8-14-43-15-9-29)12-17-48(18-13-40)16-10-39(30-4-6-33(41)34(42)24-30)11-19-50(27-39)37(54)32-25-31(5-7-35(32)56-2)52-28-44-46-47-52/h4-9,14-15,24-25,28H,3,10-13,16-23,26-27H2,1-2H3,(H,45,55). The van der Waals surface area contributed by atoms with Crippen LogP contribution in [0.3, 0.4) is 0 Å². The minimum Gasteiger partial charge on any atom is -0.496 e. The fourth-order valence-electron chi connectivity index (χ4n) is 8.42. The van der Waals surface area contributed by atoms with Gasteiger partial charge in [-0.2, -0.15) is 0 Å². The molecule has 0 saturated carbocycles. The summed E-state index contributed by atoms with van der Waals surface area (Å²) in [6.45, 7) is 8.14. The van der Waals surface area contributed by atoms with Crippen molar-refractivity contribution in [2.75, 3.05) is 79.2 Å². The summed E-state index contributed by atoms with van der Waals surface area (Å²) in [5, 5.41) is 14.4. The summed E-state index contributed by atoms with van der Waals surface area (Å²) >= 11 is 13.0. The minimum atomic E-state index is -0.727. The monoisotopic (exact) mass is 818 g/mol. The SMILES string of the molecule is CCOC(=O)CN1CCN(NC(=O)C2(c3ccncc3)CCN(CCC3(c4ccc(Cl)c(Cl)c4)CCN(C(=O)c4cc(-n5cnnn5)ccc4OC)C3)CC2)CC1. The first-order valence-corrected chi connectivity index (χ1v) is 20.1. The number of pyridine rings is 1. The molecule has 3 saturated heterocycles. The Balaban J connectivity index is 1.04. The topological polar surface area (TPSA) is 151 Å². The Kier molecular flexibility index (Phi) is 12.7. The molecule has 2 amide bonds. The highest BCUT2D eigenvalue weighted by atomic mass is 35.5. The lowest BCUT2D eigenvalue weighted by atomic mass is 9.72. The average Bonchev–Trinajstić information content (AvgIpc) is 3.94. The van der Waals surface area contributed by atoms with Gasteiger partial charge in [-0.15, -0.1) is 5.10 Å². The van der Waals surface area contributed by atoms with Gasteiger partial charge in [0.2, 0.25) is 5.91 Å². The number of esters is 1. The maximum absolute atomic E-state index is 14.3. The van der Waals surface area contributed by atoms with Crippen molar-refractivity contribution in [2.24, 2.45) is 0 Å². The average molecular weight is 820 g/mol. The van der Waals surface area contributed by atoms with E-state index in [1.165, 1.54) is 11.0 Å². The lowest BCUT2D eigenvalue weighted by Gasteiger charge is -2.43. The Morgan fingerprint density at radius 2 is 1.63 bits per heavy atom. The molecule has 3 fully saturated rings. The van der Waals surface area contributed by atoms with Crippen LogP contribution in [0.2, 0.25) is 10.0 Å². The van der Waals surface area contributed by atoms with E-state index in [2.05, 4.69) is 35.7 Å². The minimum absolute atomic E-state index is 0.0241. The smallest absolute Gasteiger partial charge is 0.320 e. The number of tetrazole rings is 1. The van der Waals surface area contributed by atoms with Gasteiger partial charge in [-0.1, -0.05) is 29.3 Å². The molecule has 0 bridgehead atoms. The van der Waals surface area contributed by atoms with Crippen LogP contribution in [0.1, 0.15) is 54.1 Å². The summed E-state index contributed by atoms with van der Waals surface area (Å²) in [7, 11) is 1.55. The normalized spacial score (nSPS) is 20.3. The molecule has 1 unspecified atom stereocenters. The number of nitrogens with zero attached hydrogens (tertiary/aromatic N) is 9. The number of piperazine rings is 1. The summed E-state index contributed by atoms with van der Waals surface area (Å²) in [6.07, 6.45) is 7.74. The number of rotatable bonds is 13. The Hall–Kier alpha value is -4.67. The Morgan fingerprint density at radius 1 is 0.860 bits per heavy atom. The third-order valence-corrected chi connectivity index (χ3v) is 12.5. The quantitative estimate of drug-likeness (QED) is 0.196. The summed E-state index contributed by atoms with van der Waals surface area (Å²) in [4.78, 5) is 51.1. The van der Waals surface area contributed by atoms with Crippen molar-refractivity contribution in [2.45, 2.75) is 43.4 Å². The van der Waals surface area contributed by atoms with Crippen LogP contribution in [0.25, 0.3) is 5.69 Å². The molecule has 3 aliphatic heterocycles. The van der Waals surface area contributed by atoms with Crippen LogP contribution in [0, 0.1) is 0 Å². The summed E-state index contributed by atoms with van der Waals surface area (Å²) in [6, 6.07) is 15.0. The molecule has 302 valence electrons. The van der Waals surface area contributed by atoms with Gasteiger partial charge in [-0.3, -0.25) is 29.7 Å². The highest BCUT2D eigenvalue weighted by Gasteiger charge is 2.46. The van der Waals surface area contributed by atoms with Crippen LogP contribution in [-0.4, -0.2) is 142 Å². The molecule has 1 N–H and O–H groups in total. The van der Waals surface area contributed by atoms with Gasteiger partial charge >= 0.3 is 5.97 Å². The number of piperidine rings is 1. The van der Waals surface area contributed by atoms with Crippen LogP contribution in [0.4, 0.5) is 0 Å². The molecule has 0 spiro atoms. The van der Waals surface area contributed by atoms with Crippen molar-refractivity contribution in [3.8, 4) is 11.4 Å². The van der Waals surface area contributed by atoms with Crippen LogP contribution >= 0.6 is 23.2 Å². The Labute approximate surface area is 342 Å². The Bertz CT molecular complexity index is 2020.